The van der Waals surface area contributed by atoms with Crippen LogP contribution in [-0.4, -0.2) is 24.1 Å². The Hall–Kier alpha value is -3.22. The van der Waals surface area contributed by atoms with Gasteiger partial charge in [0.25, 0.3) is 5.91 Å². The van der Waals surface area contributed by atoms with Crippen LogP contribution < -0.4 is 14.8 Å². The molecule has 0 aliphatic carbocycles. The maximum Gasteiger partial charge on any atom is 0.265 e. The third-order valence-electron chi connectivity index (χ3n) is 4.56. The number of aromatic nitrogens is 1. The lowest BCUT2D eigenvalue weighted by Gasteiger charge is -2.15. The molecule has 1 atom stereocenters. The number of carbonyl (C=O) groups excluding carboxylic acids is 1. The van der Waals surface area contributed by atoms with Crippen molar-refractivity contribution in [1.29, 1.82) is 0 Å². The normalized spacial score (nSPS) is 11.9. The quantitative estimate of drug-likeness (QED) is 0.372. The average molecular weight is 457 g/mol. The molecular weight excluding hydrogens is 439 g/mol. The van der Waals surface area contributed by atoms with Crippen LogP contribution in [0.4, 0.5) is 5.69 Å². The van der Waals surface area contributed by atoms with Crippen molar-refractivity contribution in [2.75, 3.05) is 12.4 Å². The fourth-order valence-electron chi connectivity index (χ4n) is 2.92. The van der Waals surface area contributed by atoms with Crippen LogP contribution >= 0.6 is 23.2 Å². The topological polar surface area (TPSA) is 73.6 Å². The monoisotopic (exact) mass is 456 g/mol. The van der Waals surface area contributed by atoms with Crippen LogP contribution in [0.1, 0.15) is 6.92 Å². The number of nitrogens with zero attached hydrogens (tertiary/aromatic N) is 1. The Balaban J connectivity index is 1.48. The zero-order chi connectivity index (χ0) is 22.0. The largest absolute Gasteiger partial charge is 0.497 e. The first-order chi connectivity index (χ1) is 14.9. The Morgan fingerprint density at radius 1 is 1.06 bits per heavy atom. The predicted octanol–water partition coefficient (Wildman–Crippen LogP) is 6.22. The van der Waals surface area contributed by atoms with Crippen molar-refractivity contribution in [1.82, 2.24) is 4.98 Å². The Kier molecular flexibility index (Phi) is 6.02. The summed E-state index contributed by atoms with van der Waals surface area (Å²) in [6.45, 7) is 1.63. The lowest BCUT2D eigenvalue weighted by molar-refractivity contribution is -0.122. The molecule has 1 amide bonds. The Labute approximate surface area is 188 Å². The second-order valence-electron chi connectivity index (χ2n) is 6.75. The third kappa shape index (κ3) is 4.76. The Morgan fingerprint density at radius 3 is 2.55 bits per heavy atom. The highest BCUT2D eigenvalue weighted by Crippen LogP contribution is 2.29. The van der Waals surface area contributed by atoms with Gasteiger partial charge in [-0.3, -0.25) is 4.79 Å². The summed E-state index contributed by atoms with van der Waals surface area (Å²) in [5, 5.41) is 3.64. The molecule has 1 aromatic heterocycles. The number of halogens is 2. The number of nitrogens with one attached hydrogen (secondary N) is 1. The maximum absolute atomic E-state index is 12.6. The number of hydrogen-bond donors (Lipinski definition) is 1. The molecule has 0 aliphatic heterocycles. The molecule has 0 bridgehead atoms. The molecule has 8 heteroatoms. The molecule has 3 aromatic carbocycles. The zero-order valence-corrected chi connectivity index (χ0v) is 18.2. The molecule has 4 rings (SSSR count). The molecule has 158 valence electrons. The van der Waals surface area contributed by atoms with Gasteiger partial charge >= 0.3 is 0 Å². The second-order valence-corrected chi connectivity index (χ2v) is 7.60. The van der Waals surface area contributed by atoms with E-state index in [1.165, 1.54) is 0 Å². The lowest BCUT2D eigenvalue weighted by Crippen LogP contribution is -2.30. The molecule has 0 fully saturated rings. The standard InChI is InChI=1S/C23H18Cl2N2O4/c1-13(30-20-10-5-15(24)11-18(20)25)22(28)26-16-6-9-19-21(12-16)31-23(27-19)14-3-7-17(29-2)8-4-14/h3-13H,1-2H3,(H,26,28). The van der Waals surface area contributed by atoms with Crippen molar-refractivity contribution in [2.24, 2.45) is 0 Å². The highest BCUT2D eigenvalue weighted by atomic mass is 35.5. The van der Waals surface area contributed by atoms with E-state index >= 15 is 0 Å². The van der Waals surface area contributed by atoms with Gasteiger partial charge in [-0.15, -0.1) is 0 Å². The number of rotatable bonds is 6. The van der Waals surface area contributed by atoms with Crippen LogP contribution in [0.5, 0.6) is 11.5 Å². The molecule has 4 aromatic rings. The molecule has 0 saturated heterocycles. The van der Waals surface area contributed by atoms with Crippen LogP contribution in [0.15, 0.2) is 65.1 Å². The number of amides is 1. The van der Waals surface area contributed by atoms with Crippen molar-refractivity contribution in [3.05, 3.63) is 70.7 Å². The molecular formula is C23H18Cl2N2O4. The van der Waals surface area contributed by atoms with Gasteiger partial charge in [0.2, 0.25) is 5.89 Å². The van der Waals surface area contributed by atoms with E-state index in [1.54, 1.807) is 50.4 Å². The summed E-state index contributed by atoms with van der Waals surface area (Å²) in [6.07, 6.45) is -0.779. The molecule has 0 saturated carbocycles. The van der Waals surface area contributed by atoms with Crippen molar-refractivity contribution >= 4 is 45.9 Å². The SMILES string of the molecule is COc1ccc(-c2nc3ccc(NC(=O)C(C)Oc4ccc(Cl)cc4Cl)cc3o2)cc1. The van der Waals surface area contributed by atoms with Gasteiger partial charge in [-0.25, -0.2) is 4.98 Å². The van der Waals surface area contributed by atoms with Crippen LogP contribution in [0.25, 0.3) is 22.6 Å². The van der Waals surface area contributed by atoms with Gasteiger partial charge in [-0.2, -0.15) is 0 Å². The lowest BCUT2D eigenvalue weighted by atomic mass is 10.2. The van der Waals surface area contributed by atoms with Crippen molar-refractivity contribution in [2.45, 2.75) is 13.0 Å². The molecule has 0 spiro atoms. The van der Waals surface area contributed by atoms with E-state index in [-0.39, 0.29) is 5.91 Å². The number of benzene rings is 3. The summed E-state index contributed by atoms with van der Waals surface area (Å²) < 4.78 is 16.7. The Bertz CT molecular complexity index is 1240. The van der Waals surface area contributed by atoms with Crippen LogP contribution in [0, 0.1) is 0 Å². The van der Waals surface area contributed by atoms with E-state index in [2.05, 4.69) is 10.3 Å². The second kappa shape index (κ2) is 8.88. The first kappa shape index (κ1) is 21.0. The minimum Gasteiger partial charge on any atom is -0.497 e. The minimum atomic E-state index is -0.779. The van der Waals surface area contributed by atoms with Crippen LogP contribution in [-0.2, 0) is 4.79 Å². The fraction of sp³-hybridized carbons (Fsp3) is 0.130. The highest BCUT2D eigenvalue weighted by molar-refractivity contribution is 6.35. The minimum absolute atomic E-state index is 0.333. The van der Waals surface area contributed by atoms with Gasteiger partial charge in [-0.05, 0) is 61.5 Å². The number of fused-ring (bicyclic) bond motifs is 1. The summed E-state index contributed by atoms with van der Waals surface area (Å²) in [6, 6.07) is 17.5. The van der Waals surface area contributed by atoms with E-state index in [0.29, 0.717) is 38.5 Å². The zero-order valence-electron chi connectivity index (χ0n) is 16.7. The third-order valence-corrected chi connectivity index (χ3v) is 5.09. The first-order valence-corrected chi connectivity index (χ1v) is 10.2. The van der Waals surface area contributed by atoms with Gasteiger partial charge in [0.15, 0.2) is 11.7 Å². The molecule has 1 unspecified atom stereocenters. The smallest absolute Gasteiger partial charge is 0.265 e. The molecule has 1 N–H and O–H groups in total. The van der Waals surface area contributed by atoms with Crippen molar-refractivity contribution < 1.29 is 18.7 Å². The van der Waals surface area contributed by atoms with Crippen molar-refractivity contribution in [3.8, 4) is 23.0 Å². The van der Waals surface area contributed by atoms with Crippen LogP contribution in [0.3, 0.4) is 0 Å². The van der Waals surface area contributed by atoms with Gasteiger partial charge in [-0.1, -0.05) is 23.2 Å². The van der Waals surface area contributed by atoms with Gasteiger partial charge in [0, 0.05) is 22.3 Å². The summed E-state index contributed by atoms with van der Waals surface area (Å²) in [7, 11) is 1.61. The molecule has 6 nitrogen and oxygen atoms in total. The molecule has 31 heavy (non-hydrogen) atoms. The fourth-order valence-corrected chi connectivity index (χ4v) is 3.37. The first-order valence-electron chi connectivity index (χ1n) is 9.40. The van der Waals surface area contributed by atoms with E-state index in [4.69, 9.17) is 37.1 Å². The highest BCUT2D eigenvalue weighted by Gasteiger charge is 2.17. The maximum atomic E-state index is 12.6. The van der Waals surface area contributed by atoms with Crippen LogP contribution in [0.2, 0.25) is 10.0 Å². The molecule has 1 heterocycles. The van der Waals surface area contributed by atoms with Crippen molar-refractivity contribution in [3.63, 3.8) is 0 Å². The average Bonchev–Trinajstić information content (AvgIpc) is 3.19. The predicted molar refractivity (Wildman–Crippen MR) is 121 cm³/mol. The van der Waals surface area contributed by atoms with E-state index in [0.717, 1.165) is 11.3 Å². The summed E-state index contributed by atoms with van der Waals surface area (Å²) >= 11 is 12.0. The molecule has 0 radical (unpaired) electrons. The number of hydrogen-bond acceptors (Lipinski definition) is 5. The van der Waals surface area contributed by atoms with E-state index in [1.807, 2.05) is 24.3 Å². The van der Waals surface area contributed by atoms with Gasteiger partial charge in [0.05, 0.1) is 12.1 Å². The van der Waals surface area contributed by atoms with Gasteiger partial charge in [0.1, 0.15) is 17.0 Å². The number of methoxy groups -OCH3 is 1. The number of carbonyl (C=O) groups is 1. The number of anilines is 1. The summed E-state index contributed by atoms with van der Waals surface area (Å²) in [5.41, 5.74) is 2.62. The summed E-state index contributed by atoms with van der Waals surface area (Å²) in [4.78, 5) is 17.1. The van der Waals surface area contributed by atoms with E-state index < -0.39 is 6.10 Å². The van der Waals surface area contributed by atoms with Gasteiger partial charge < -0.3 is 19.2 Å². The van der Waals surface area contributed by atoms with E-state index in [9.17, 15) is 4.79 Å². The summed E-state index contributed by atoms with van der Waals surface area (Å²) in [5.74, 6) is 1.28. The molecule has 0 aliphatic rings. The number of oxazole rings is 1. The number of ether oxygens (including phenoxy) is 2. The Morgan fingerprint density at radius 2 is 1.84 bits per heavy atom.